The number of methoxy groups -OCH3 is 2. The molecule has 1 aliphatic heterocycles. The van der Waals surface area contributed by atoms with Crippen LogP contribution in [0, 0.1) is 0 Å². The Kier molecular flexibility index (Phi) is 7.10. The maximum Gasteiger partial charge on any atom is 0.224 e. The highest BCUT2D eigenvalue weighted by Gasteiger charge is 2.18. The Morgan fingerprint density at radius 1 is 1.08 bits per heavy atom. The Bertz CT molecular complexity index is 597. The number of piperidine rings is 1. The van der Waals surface area contributed by atoms with E-state index in [1.807, 2.05) is 23.1 Å². The SMILES string of the molecule is COc1ccc(CN(CCC(=O)N2CCCCC2)C(C)=O)cc1OC. The van der Waals surface area contributed by atoms with Crippen LogP contribution in [0.2, 0.25) is 0 Å². The van der Waals surface area contributed by atoms with Crippen molar-refractivity contribution < 1.29 is 19.1 Å². The van der Waals surface area contributed by atoms with Crippen molar-refractivity contribution in [3.8, 4) is 11.5 Å². The lowest BCUT2D eigenvalue weighted by atomic mass is 10.1. The smallest absolute Gasteiger partial charge is 0.224 e. The molecule has 6 heteroatoms. The molecule has 0 spiro atoms. The first-order valence-corrected chi connectivity index (χ1v) is 8.79. The van der Waals surface area contributed by atoms with Gasteiger partial charge in [0.05, 0.1) is 14.2 Å². The molecular weight excluding hydrogens is 320 g/mol. The van der Waals surface area contributed by atoms with Gasteiger partial charge in [0, 0.05) is 39.5 Å². The van der Waals surface area contributed by atoms with E-state index in [4.69, 9.17) is 9.47 Å². The van der Waals surface area contributed by atoms with Crippen LogP contribution in [0.15, 0.2) is 18.2 Å². The molecule has 2 rings (SSSR count). The van der Waals surface area contributed by atoms with Crippen LogP contribution in [-0.2, 0) is 16.1 Å². The molecule has 6 nitrogen and oxygen atoms in total. The zero-order valence-corrected chi connectivity index (χ0v) is 15.4. The van der Waals surface area contributed by atoms with Crippen molar-refractivity contribution >= 4 is 11.8 Å². The number of carbonyl (C=O) groups excluding carboxylic acids is 2. The molecule has 1 aromatic rings. The third-order valence-electron chi connectivity index (χ3n) is 4.57. The first kappa shape index (κ1) is 19.1. The minimum atomic E-state index is -0.0405. The quantitative estimate of drug-likeness (QED) is 0.759. The normalized spacial score (nSPS) is 14.1. The summed E-state index contributed by atoms with van der Waals surface area (Å²) < 4.78 is 10.5. The van der Waals surface area contributed by atoms with Gasteiger partial charge >= 0.3 is 0 Å². The molecule has 0 unspecified atom stereocenters. The molecule has 0 N–H and O–H groups in total. The van der Waals surface area contributed by atoms with E-state index >= 15 is 0 Å². The fraction of sp³-hybridized carbons (Fsp3) is 0.579. The average molecular weight is 348 g/mol. The minimum Gasteiger partial charge on any atom is -0.493 e. The van der Waals surface area contributed by atoms with Crippen LogP contribution >= 0.6 is 0 Å². The van der Waals surface area contributed by atoms with Crippen LogP contribution in [0.4, 0.5) is 0 Å². The Hall–Kier alpha value is -2.24. The Labute approximate surface area is 149 Å². The van der Waals surface area contributed by atoms with Gasteiger partial charge in [0.1, 0.15) is 0 Å². The topological polar surface area (TPSA) is 59.1 Å². The molecule has 2 amide bonds. The van der Waals surface area contributed by atoms with Crippen molar-refractivity contribution in [3.05, 3.63) is 23.8 Å². The van der Waals surface area contributed by atoms with E-state index < -0.39 is 0 Å². The van der Waals surface area contributed by atoms with Gasteiger partial charge in [0.15, 0.2) is 11.5 Å². The van der Waals surface area contributed by atoms with Crippen LogP contribution in [0.25, 0.3) is 0 Å². The van der Waals surface area contributed by atoms with E-state index in [1.54, 1.807) is 19.1 Å². The highest BCUT2D eigenvalue weighted by molar-refractivity contribution is 5.78. The molecule has 0 atom stereocenters. The van der Waals surface area contributed by atoms with E-state index in [9.17, 15) is 9.59 Å². The molecule has 0 aliphatic carbocycles. The molecule has 138 valence electrons. The van der Waals surface area contributed by atoms with Crippen molar-refractivity contribution in [2.75, 3.05) is 33.9 Å². The second kappa shape index (κ2) is 9.30. The number of hydrogen-bond acceptors (Lipinski definition) is 4. The molecule has 1 aromatic carbocycles. The van der Waals surface area contributed by atoms with Crippen molar-refractivity contribution in [2.24, 2.45) is 0 Å². The summed E-state index contributed by atoms with van der Waals surface area (Å²) in [4.78, 5) is 27.9. The molecule has 25 heavy (non-hydrogen) atoms. The standard InChI is InChI=1S/C19H28N2O4/c1-15(22)21(12-9-19(23)20-10-5-4-6-11-20)14-16-7-8-17(24-2)18(13-16)25-3/h7-8,13H,4-6,9-12,14H2,1-3H3. The highest BCUT2D eigenvalue weighted by Crippen LogP contribution is 2.28. The number of benzene rings is 1. The summed E-state index contributed by atoms with van der Waals surface area (Å²) in [5.74, 6) is 1.38. The Balaban J connectivity index is 1.96. The summed E-state index contributed by atoms with van der Waals surface area (Å²) in [5.41, 5.74) is 0.943. The van der Waals surface area contributed by atoms with Crippen LogP contribution in [0.3, 0.4) is 0 Å². The lowest BCUT2D eigenvalue weighted by Gasteiger charge is -2.28. The van der Waals surface area contributed by atoms with Gasteiger partial charge in [-0.25, -0.2) is 0 Å². The van der Waals surface area contributed by atoms with Crippen molar-refractivity contribution in [1.82, 2.24) is 9.80 Å². The van der Waals surface area contributed by atoms with E-state index in [0.717, 1.165) is 31.5 Å². The summed E-state index contributed by atoms with van der Waals surface area (Å²) in [7, 11) is 3.17. The van der Waals surface area contributed by atoms with Crippen molar-refractivity contribution in [2.45, 2.75) is 39.2 Å². The zero-order chi connectivity index (χ0) is 18.2. The van der Waals surface area contributed by atoms with Gasteiger partial charge in [-0.3, -0.25) is 9.59 Å². The number of nitrogens with zero attached hydrogens (tertiary/aromatic N) is 2. The van der Waals surface area contributed by atoms with Gasteiger partial charge in [-0.15, -0.1) is 0 Å². The lowest BCUT2D eigenvalue weighted by molar-refractivity contribution is -0.134. The number of likely N-dealkylation sites (tertiary alicyclic amines) is 1. The minimum absolute atomic E-state index is 0.0405. The van der Waals surface area contributed by atoms with Crippen molar-refractivity contribution in [1.29, 1.82) is 0 Å². The predicted octanol–water partition coefficient (Wildman–Crippen LogP) is 2.45. The molecule has 1 fully saturated rings. The van der Waals surface area contributed by atoms with E-state index in [2.05, 4.69) is 0 Å². The predicted molar refractivity (Wildman–Crippen MR) is 95.7 cm³/mol. The zero-order valence-electron chi connectivity index (χ0n) is 15.4. The number of amides is 2. The third-order valence-corrected chi connectivity index (χ3v) is 4.57. The molecule has 0 radical (unpaired) electrons. The van der Waals surface area contributed by atoms with Crippen LogP contribution in [-0.4, -0.2) is 55.5 Å². The maximum atomic E-state index is 12.3. The maximum absolute atomic E-state index is 12.3. The second-order valence-corrected chi connectivity index (χ2v) is 6.32. The molecule has 1 heterocycles. The number of ether oxygens (including phenoxy) is 2. The van der Waals surface area contributed by atoms with Crippen LogP contribution in [0.1, 0.15) is 38.2 Å². The van der Waals surface area contributed by atoms with Crippen LogP contribution in [0.5, 0.6) is 11.5 Å². The van der Waals surface area contributed by atoms with Gasteiger partial charge in [0.25, 0.3) is 0 Å². The Morgan fingerprint density at radius 2 is 1.76 bits per heavy atom. The Morgan fingerprint density at radius 3 is 2.36 bits per heavy atom. The largest absolute Gasteiger partial charge is 0.493 e. The monoisotopic (exact) mass is 348 g/mol. The molecule has 0 bridgehead atoms. The molecular formula is C19H28N2O4. The average Bonchev–Trinajstić information content (AvgIpc) is 2.65. The number of hydrogen-bond donors (Lipinski definition) is 0. The second-order valence-electron chi connectivity index (χ2n) is 6.32. The fourth-order valence-corrected chi connectivity index (χ4v) is 3.08. The molecule has 0 aromatic heterocycles. The van der Waals surface area contributed by atoms with Gasteiger partial charge in [-0.1, -0.05) is 6.07 Å². The summed E-state index contributed by atoms with van der Waals surface area (Å²) in [6.45, 7) is 4.09. The van der Waals surface area contributed by atoms with Gasteiger partial charge in [0.2, 0.25) is 11.8 Å². The van der Waals surface area contributed by atoms with Crippen LogP contribution < -0.4 is 9.47 Å². The van der Waals surface area contributed by atoms with E-state index in [1.165, 1.54) is 13.3 Å². The molecule has 1 saturated heterocycles. The summed E-state index contributed by atoms with van der Waals surface area (Å²) in [6.07, 6.45) is 3.72. The summed E-state index contributed by atoms with van der Waals surface area (Å²) in [5, 5.41) is 0. The number of rotatable bonds is 7. The summed E-state index contributed by atoms with van der Waals surface area (Å²) in [6, 6.07) is 5.59. The molecule has 0 saturated carbocycles. The molecule has 1 aliphatic rings. The first-order valence-electron chi connectivity index (χ1n) is 8.79. The van der Waals surface area contributed by atoms with Gasteiger partial charge in [-0.05, 0) is 37.0 Å². The van der Waals surface area contributed by atoms with Gasteiger partial charge in [-0.2, -0.15) is 0 Å². The van der Waals surface area contributed by atoms with E-state index in [-0.39, 0.29) is 11.8 Å². The number of carbonyl (C=O) groups is 2. The van der Waals surface area contributed by atoms with Gasteiger partial charge < -0.3 is 19.3 Å². The van der Waals surface area contributed by atoms with Crippen molar-refractivity contribution in [3.63, 3.8) is 0 Å². The van der Waals surface area contributed by atoms with E-state index in [0.29, 0.717) is 31.0 Å². The third kappa shape index (κ3) is 5.37. The first-order chi connectivity index (χ1) is 12.0. The fourth-order valence-electron chi connectivity index (χ4n) is 3.08. The lowest BCUT2D eigenvalue weighted by Crippen LogP contribution is -2.38. The highest BCUT2D eigenvalue weighted by atomic mass is 16.5. The summed E-state index contributed by atoms with van der Waals surface area (Å²) >= 11 is 0.